The molecule has 0 aromatic heterocycles. The van der Waals surface area contributed by atoms with Crippen LogP contribution in [0.2, 0.25) is 0 Å². The van der Waals surface area contributed by atoms with Crippen LogP contribution in [-0.4, -0.2) is 43.7 Å². The van der Waals surface area contributed by atoms with Crippen LogP contribution in [0.15, 0.2) is 0 Å². The lowest BCUT2D eigenvalue weighted by Gasteiger charge is -2.35. The summed E-state index contributed by atoms with van der Waals surface area (Å²) in [6.07, 6.45) is 2.70. The Labute approximate surface area is 111 Å². The number of carbonyl (C=O) groups excluding carboxylic acids is 1. The maximum Gasteiger partial charge on any atom is 0.230 e. The Hall–Kier alpha value is -0.610. The Kier molecular flexibility index (Phi) is 6.09. The van der Waals surface area contributed by atoms with Gasteiger partial charge in [-0.3, -0.25) is 4.79 Å². The minimum absolute atomic E-state index is 0.226. The fraction of sp³-hybridized carbons (Fsp3) is 0.929. The van der Waals surface area contributed by atoms with Crippen LogP contribution < -0.4 is 5.73 Å². The normalized spacial score (nSPS) is 20.1. The first-order valence-corrected chi connectivity index (χ1v) is 7.20. The third-order valence-electron chi connectivity index (χ3n) is 4.37. The molecule has 0 bridgehead atoms. The van der Waals surface area contributed by atoms with E-state index >= 15 is 0 Å². The zero-order valence-electron chi connectivity index (χ0n) is 12.1. The highest BCUT2D eigenvalue weighted by atomic mass is 16.5. The van der Waals surface area contributed by atoms with E-state index < -0.39 is 0 Å². The number of nitrogens with zero attached hydrogens (tertiary/aromatic N) is 1. The van der Waals surface area contributed by atoms with Crippen LogP contribution in [0.3, 0.4) is 0 Å². The molecule has 1 fully saturated rings. The highest BCUT2D eigenvalue weighted by Gasteiger charge is 2.37. The van der Waals surface area contributed by atoms with E-state index in [0.717, 1.165) is 45.6 Å². The van der Waals surface area contributed by atoms with Crippen molar-refractivity contribution in [2.45, 2.75) is 40.0 Å². The monoisotopic (exact) mass is 256 g/mol. The second-order valence-corrected chi connectivity index (χ2v) is 5.26. The molecule has 18 heavy (non-hydrogen) atoms. The summed E-state index contributed by atoms with van der Waals surface area (Å²) in [4.78, 5) is 14.7. The molecule has 1 unspecified atom stereocenters. The Bertz CT molecular complexity index is 250. The molecule has 0 radical (unpaired) electrons. The van der Waals surface area contributed by atoms with Gasteiger partial charge in [0.05, 0.1) is 12.0 Å². The first-order chi connectivity index (χ1) is 8.63. The third kappa shape index (κ3) is 3.23. The van der Waals surface area contributed by atoms with E-state index in [1.807, 2.05) is 11.8 Å². The molecule has 1 saturated heterocycles. The van der Waals surface area contributed by atoms with Gasteiger partial charge in [-0.15, -0.1) is 0 Å². The molecule has 0 saturated carbocycles. The molecular weight excluding hydrogens is 228 g/mol. The topological polar surface area (TPSA) is 55.6 Å². The fourth-order valence-electron chi connectivity index (χ4n) is 2.66. The van der Waals surface area contributed by atoms with Crippen molar-refractivity contribution in [2.24, 2.45) is 17.1 Å². The van der Waals surface area contributed by atoms with Crippen molar-refractivity contribution in [1.82, 2.24) is 4.90 Å². The first-order valence-electron chi connectivity index (χ1n) is 7.20. The molecule has 2 N–H and O–H groups in total. The van der Waals surface area contributed by atoms with E-state index in [1.165, 1.54) is 0 Å². The average Bonchev–Trinajstić information content (AvgIpc) is 2.91. The van der Waals surface area contributed by atoms with Crippen molar-refractivity contribution in [1.29, 1.82) is 0 Å². The van der Waals surface area contributed by atoms with E-state index in [2.05, 4.69) is 13.8 Å². The van der Waals surface area contributed by atoms with Gasteiger partial charge in [-0.05, 0) is 26.2 Å². The Morgan fingerprint density at radius 3 is 2.44 bits per heavy atom. The lowest BCUT2D eigenvalue weighted by atomic mass is 9.80. The summed E-state index contributed by atoms with van der Waals surface area (Å²) >= 11 is 0. The molecule has 4 heteroatoms. The molecule has 4 nitrogen and oxygen atoms in total. The summed E-state index contributed by atoms with van der Waals surface area (Å²) in [6, 6.07) is 0. The number of carbonyl (C=O) groups is 1. The fourth-order valence-corrected chi connectivity index (χ4v) is 2.66. The number of ether oxygens (including phenoxy) is 1. The molecule has 1 aliphatic heterocycles. The van der Waals surface area contributed by atoms with Gasteiger partial charge in [0.25, 0.3) is 0 Å². The molecule has 1 rings (SSSR count). The van der Waals surface area contributed by atoms with Gasteiger partial charge >= 0.3 is 0 Å². The van der Waals surface area contributed by atoms with Gasteiger partial charge in [0.1, 0.15) is 0 Å². The van der Waals surface area contributed by atoms with Gasteiger partial charge < -0.3 is 15.4 Å². The molecule has 0 aliphatic carbocycles. The summed E-state index contributed by atoms with van der Waals surface area (Å²) in [6.45, 7) is 9.80. The van der Waals surface area contributed by atoms with Crippen molar-refractivity contribution in [3.05, 3.63) is 0 Å². The van der Waals surface area contributed by atoms with Crippen molar-refractivity contribution < 1.29 is 9.53 Å². The number of nitrogens with two attached hydrogens (primary N) is 1. The summed E-state index contributed by atoms with van der Waals surface area (Å²) < 4.78 is 5.38. The third-order valence-corrected chi connectivity index (χ3v) is 4.37. The molecule has 1 atom stereocenters. The van der Waals surface area contributed by atoms with Crippen LogP contribution in [0.1, 0.15) is 40.0 Å². The van der Waals surface area contributed by atoms with Crippen molar-refractivity contribution in [3.63, 3.8) is 0 Å². The van der Waals surface area contributed by atoms with Gasteiger partial charge in [-0.2, -0.15) is 0 Å². The quantitative estimate of drug-likeness (QED) is 0.753. The van der Waals surface area contributed by atoms with Crippen LogP contribution in [0.25, 0.3) is 0 Å². The zero-order valence-corrected chi connectivity index (χ0v) is 12.1. The van der Waals surface area contributed by atoms with Gasteiger partial charge in [-0.25, -0.2) is 0 Å². The Morgan fingerprint density at radius 2 is 2.06 bits per heavy atom. The molecule has 0 spiro atoms. The van der Waals surface area contributed by atoms with E-state index in [0.29, 0.717) is 12.5 Å². The van der Waals surface area contributed by atoms with Gasteiger partial charge in [0.15, 0.2) is 0 Å². The molecule has 0 aromatic rings. The summed E-state index contributed by atoms with van der Waals surface area (Å²) in [5, 5.41) is 0. The smallest absolute Gasteiger partial charge is 0.230 e. The lowest BCUT2D eigenvalue weighted by Crippen LogP contribution is -2.49. The average molecular weight is 256 g/mol. The van der Waals surface area contributed by atoms with Crippen LogP contribution in [0.4, 0.5) is 0 Å². The van der Waals surface area contributed by atoms with E-state index in [1.54, 1.807) is 0 Å². The molecule has 1 aliphatic rings. The van der Waals surface area contributed by atoms with E-state index in [-0.39, 0.29) is 11.3 Å². The molecule has 106 valence electrons. The summed E-state index contributed by atoms with van der Waals surface area (Å²) in [5.41, 5.74) is 5.49. The zero-order chi connectivity index (χ0) is 13.6. The van der Waals surface area contributed by atoms with Crippen molar-refractivity contribution >= 4 is 5.91 Å². The molecular formula is C14H28N2O2. The minimum atomic E-state index is -0.366. The van der Waals surface area contributed by atoms with Crippen LogP contribution in [-0.2, 0) is 9.53 Å². The minimum Gasteiger partial charge on any atom is -0.381 e. The Balaban J connectivity index is 2.70. The number of hydrogen-bond donors (Lipinski definition) is 1. The number of hydrogen-bond acceptors (Lipinski definition) is 3. The highest BCUT2D eigenvalue weighted by Crippen LogP contribution is 2.28. The van der Waals surface area contributed by atoms with Gasteiger partial charge in [0.2, 0.25) is 5.91 Å². The van der Waals surface area contributed by atoms with Crippen molar-refractivity contribution in [3.8, 4) is 0 Å². The van der Waals surface area contributed by atoms with E-state index in [4.69, 9.17) is 10.5 Å². The number of rotatable bonds is 7. The second-order valence-electron chi connectivity index (χ2n) is 5.26. The van der Waals surface area contributed by atoms with Crippen molar-refractivity contribution in [2.75, 3.05) is 32.8 Å². The SMILES string of the molecule is CCN(CC1CCOC1)C(=O)C(CC)(CC)CN. The van der Waals surface area contributed by atoms with Crippen LogP contribution >= 0.6 is 0 Å². The standard InChI is InChI=1S/C14H28N2O2/c1-4-14(5-2,11-15)13(17)16(6-3)9-12-7-8-18-10-12/h12H,4-11,15H2,1-3H3. The summed E-state index contributed by atoms with van der Waals surface area (Å²) in [5.74, 6) is 0.725. The van der Waals surface area contributed by atoms with Crippen LogP contribution in [0, 0.1) is 11.3 Å². The molecule has 1 heterocycles. The highest BCUT2D eigenvalue weighted by molar-refractivity contribution is 5.83. The number of amides is 1. The second kappa shape index (κ2) is 7.10. The predicted molar refractivity (Wildman–Crippen MR) is 73.2 cm³/mol. The predicted octanol–water partition coefficient (Wildman–Crippen LogP) is 1.64. The molecule has 1 amide bonds. The van der Waals surface area contributed by atoms with Crippen LogP contribution in [0.5, 0.6) is 0 Å². The maximum atomic E-state index is 12.7. The summed E-state index contributed by atoms with van der Waals surface area (Å²) in [7, 11) is 0. The molecule has 0 aromatic carbocycles. The maximum absolute atomic E-state index is 12.7. The van der Waals surface area contributed by atoms with Gasteiger partial charge in [-0.1, -0.05) is 13.8 Å². The largest absolute Gasteiger partial charge is 0.381 e. The van der Waals surface area contributed by atoms with Gasteiger partial charge in [0, 0.05) is 32.2 Å². The Morgan fingerprint density at radius 1 is 1.39 bits per heavy atom. The van der Waals surface area contributed by atoms with E-state index in [9.17, 15) is 4.79 Å². The lowest BCUT2D eigenvalue weighted by molar-refractivity contribution is -0.142. The first kappa shape index (κ1) is 15.4.